The van der Waals surface area contributed by atoms with Gasteiger partial charge < -0.3 is 9.64 Å². The Labute approximate surface area is 121 Å². The van der Waals surface area contributed by atoms with Crippen molar-refractivity contribution >= 4 is 28.9 Å². The Bertz CT molecular complexity index is 499. The second-order valence-corrected chi connectivity index (χ2v) is 5.42. The predicted octanol–water partition coefficient (Wildman–Crippen LogP) is 0.989. The van der Waals surface area contributed by atoms with Crippen molar-refractivity contribution in [1.82, 2.24) is 10.3 Å². The lowest BCUT2D eigenvalue weighted by Crippen LogP contribution is -2.41. The van der Waals surface area contributed by atoms with Gasteiger partial charge in [0, 0.05) is 31.4 Å². The van der Waals surface area contributed by atoms with E-state index in [1.54, 1.807) is 23.3 Å². The fourth-order valence-corrected chi connectivity index (χ4v) is 2.57. The monoisotopic (exact) mass is 295 g/mol. The Hall–Kier alpha value is -1.73. The number of thiophene rings is 1. The first-order valence-corrected chi connectivity index (χ1v) is 7.24. The molecule has 2 rings (SSSR count). The number of hydrogen-bond donors (Lipinski definition) is 1. The summed E-state index contributed by atoms with van der Waals surface area (Å²) in [7, 11) is 1.60. The minimum absolute atomic E-state index is 0.143. The van der Waals surface area contributed by atoms with Crippen LogP contribution in [-0.2, 0) is 20.9 Å². The normalized spacial score (nSPS) is 14.7. The van der Waals surface area contributed by atoms with E-state index in [2.05, 4.69) is 10.5 Å². The van der Waals surface area contributed by atoms with Crippen molar-refractivity contribution in [1.29, 1.82) is 0 Å². The topological polar surface area (TPSA) is 71.0 Å². The Morgan fingerprint density at radius 3 is 3.00 bits per heavy atom. The summed E-state index contributed by atoms with van der Waals surface area (Å²) in [5.41, 5.74) is 2.76. The van der Waals surface area contributed by atoms with Gasteiger partial charge in [0.2, 0.25) is 5.91 Å². The van der Waals surface area contributed by atoms with Gasteiger partial charge in [-0.1, -0.05) is 6.07 Å². The fraction of sp³-hybridized carbons (Fsp3) is 0.462. The van der Waals surface area contributed by atoms with Gasteiger partial charge in [0.05, 0.1) is 13.2 Å². The van der Waals surface area contributed by atoms with Gasteiger partial charge in [0.15, 0.2) is 0 Å². The van der Waals surface area contributed by atoms with Gasteiger partial charge in [-0.05, 0) is 11.4 Å². The number of carbonyl (C=O) groups is 2. The molecular formula is C13H17N3O3S. The number of ether oxygens (including phenoxy) is 1. The van der Waals surface area contributed by atoms with Crippen molar-refractivity contribution in [2.75, 3.05) is 20.3 Å². The van der Waals surface area contributed by atoms with Gasteiger partial charge >= 0.3 is 0 Å². The number of nitrogens with one attached hydrogen (secondary N) is 1. The van der Waals surface area contributed by atoms with E-state index >= 15 is 0 Å². The summed E-state index contributed by atoms with van der Waals surface area (Å²) in [5.74, 6) is -0.293. The van der Waals surface area contributed by atoms with Crippen LogP contribution < -0.4 is 5.43 Å². The van der Waals surface area contributed by atoms with Crippen LogP contribution >= 0.6 is 11.3 Å². The molecule has 1 aromatic heterocycles. The Morgan fingerprint density at radius 1 is 1.55 bits per heavy atom. The molecule has 1 aliphatic heterocycles. The number of rotatable bonds is 6. The van der Waals surface area contributed by atoms with Crippen LogP contribution in [0.15, 0.2) is 22.6 Å². The molecule has 0 unspecified atom stereocenters. The largest absolute Gasteiger partial charge is 0.383 e. The molecule has 0 radical (unpaired) electrons. The zero-order valence-corrected chi connectivity index (χ0v) is 12.1. The maximum Gasteiger partial charge on any atom is 0.270 e. The van der Waals surface area contributed by atoms with Gasteiger partial charge in [-0.2, -0.15) is 5.10 Å². The molecule has 0 bridgehead atoms. The molecule has 0 aliphatic carbocycles. The Kier molecular flexibility index (Phi) is 5.25. The molecule has 1 aromatic rings. The van der Waals surface area contributed by atoms with Crippen LogP contribution in [0.2, 0.25) is 0 Å². The summed E-state index contributed by atoms with van der Waals surface area (Å²) < 4.78 is 5.05. The van der Waals surface area contributed by atoms with Crippen molar-refractivity contribution in [2.45, 2.75) is 19.4 Å². The van der Waals surface area contributed by atoms with Gasteiger partial charge in [-0.25, -0.2) is 5.43 Å². The SMILES string of the molecule is COCCN(Cc1cccs1)C(=O)C1=NNC(=O)CC1. The summed E-state index contributed by atoms with van der Waals surface area (Å²) in [6.07, 6.45) is 0.695. The Morgan fingerprint density at radius 2 is 2.40 bits per heavy atom. The highest BCUT2D eigenvalue weighted by Gasteiger charge is 2.23. The quantitative estimate of drug-likeness (QED) is 0.850. The number of hydrogen-bond acceptors (Lipinski definition) is 5. The van der Waals surface area contributed by atoms with Crippen molar-refractivity contribution in [3.8, 4) is 0 Å². The molecule has 0 aromatic carbocycles. The fourth-order valence-electron chi connectivity index (χ4n) is 1.86. The Balaban J connectivity index is 2.05. The van der Waals surface area contributed by atoms with E-state index < -0.39 is 0 Å². The molecule has 1 N–H and O–H groups in total. The minimum atomic E-state index is -0.150. The van der Waals surface area contributed by atoms with E-state index in [0.717, 1.165) is 4.88 Å². The van der Waals surface area contributed by atoms with E-state index in [1.807, 2.05) is 17.5 Å². The lowest BCUT2D eigenvalue weighted by atomic mass is 10.1. The smallest absolute Gasteiger partial charge is 0.270 e. The van der Waals surface area contributed by atoms with Crippen LogP contribution in [0.1, 0.15) is 17.7 Å². The first-order chi connectivity index (χ1) is 9.70. The summed E-state index contributed by atoms with van der Waals surface area (Å²) in [4.78, 5) is 26.3. The van der Waals surface area contributed by atoms with Crippen LogP contribution in [0.3, 0.4) is 0 Å². The zero-order chi connectivity index (χ0) is 14.4. The van der Waals surface area contributed by atoms with Crippen LogP contribution in [0.4, 0.5) is 0 Å². The lowest BCUT2D eigenvalue weighted by Gasteiger charge is -2.23. The highest BCUT2D eigenvalue weighted by molar-refractivity contribution is 7.09. The van der Waals surface area contributed by atoms with Gasteiger partial charge in [-0.15, -0.1) is 11.3 Å². The predicted molar refractivity (Wildman–Crippen MR) is 76.4 cm³/mol. The standard InChI is InChI=1S/C13H17N3O3S/c1-19-7-6-16(9-10-3-2-8-20-10)13(18)11-4-5-12(17)15-14-11/h2-3,8H,4-7,9H2,1H3,(H,15,17). The number of hydrazone groups is 1. The highest BCUT2D eigenvalue weighted by Crippen LogP contribution is 2.13. The molecule has 2 heterocycles. The van der Waals surface area contributed by atoms with Crippen LogP contribution in [0.5, 0.6) is 0 Å². The summed E-state index contributed by atoms with van der Waals surface area (Å²) in [6, 6.07) is 3.94. The number of nitrogens with zero attached hydrogens (tertiary/aromatic N) is 2. The third-order valence-electron chi connectivity index (χ3n) is 2.93. The maximum atomic E-state index is 12.4. The zero-order valence-electron chi connectivity index (χ0n) is 11.3. The average Bonchev–Trinajstić information content (AvgIpc) is 2.96. The van der Waals surface area contributed by atoms with Crippen molar-refractivity contribution in [2.24, 2.45) is 5.10 Å². The highest BCUT2D eigenvalue weighted by atomic mass is 32.1. The van der Waals surface area contributed by atoms with E-state index in [0.29, 0.717) is 38.2 Å². The number of amides is 2. The van der Waals surface area contributed by atoms with Crippen molar-refractivity contribution < 1.29 is 14.3 Å². The van der Waals surface area contributed by atoms with Gasteiger partial charge in [-0.3, -0.25) is 9.59 Å². The molecule has 0 fully saturated rings. The number of methoxy groups -OCH3 is 1. The van der Waals surface area contributed by atoms with Crippen LogP contribution in [0, 0.1) is 0 Å². The molecular weight excluding hydrogens is 278 g/mol. The maximum absolute atomic E-state index is 12.4. The molecule has 1 aliphatic rings. The molecule has 0 saturated heterocycles. The summed E-state index contributed by atoms with van der Waals surface area (Å²) in [6.45, 7) is 1.50. The van der Waals surface area contributed by atoms with Crippen LogP contribution in [-0.4, -0.2) is 42.7 Å². The molecule has 0 saturated carbocycles. The van der Waals surface area contributed by atoms with Crippen molar-refractivity contribution in [3.63, 3.8) is 0 Å². The van der Waals surface area contributed by atoms with E-state index in [9.17, 15) is 9.59 Å². The molecule has 108 valence electrons. The van der Waals surface area contributed by atoms with E-state index in [1.165, 1.54) is 0 Å². The van der Waals surface area contributed by atoms with Crippen LogP contribution in [0.25, 0.3) is 0 Å². The average molecular weight is 295 g/mol. The summed E-state index contributed by atoms with van der Waals surface area (Å²) in [5, 5.41) is 5.84. The third-order valence-corrected chi connectivity index (χ3v) is 3.79. The second kappa shape index (κ2) is 7.16. The summed E-state index contributed by atoms with van der Waals surface area (Å²) >= 11 is 1.60. The van der Waals surface area contributed by atoms with Gasteiger partial charge in [0.25, 0.3) is 5.91 Å². The molecule has 0 atom stereocenters. The number of carbonyl (C=O) groups excluding carboxylic acids is 2. The second-order valence-electron chi connectivity index (χ2n) is 4.39. The van der Waals surface area contributed by atoms with Crippen molar-refractivity contribution in [3.05, 3.63) is 22.4 Å². The molecule has 7 heteroatoms. The van der Waals surface area contributed by atoms with Gasteiger partial charge in [0.1, 0.15) is 5.71 Å². The first kappa shape index (κ1) is 14.7. The molecule has 6 nitrogen and oxygen atoms in total. The molecule has 20 heavy (non-hydrogen) atoms. The van der Waals surface area contributed by atoms with E-state index in [-0.39, 0.29) is 11.8 Å². The third kappa shape index (κ3) is 3.88. The van der Waals surface area contributed by atoms with E-state index in [4.69, 9.17) is 4.74 Å². The lowest BCUT2D eigenvalue weighted by molar-refractivity contribution is -0.125. The minimum Gasteiger partial charge on any atom is -0.383 e. The molecule has 0 spiro atoms. The first-order valence-electron chi connectivity index (χ1n) is 6.36. The molecule has 2 amide bonds.